The summed E-state index contributed by atoms with van der Waals surface area (Å²) in [7, 11) is 0. The maximum Gasteiger partial charge on any atom is 0.228 e. The van der Waals surface area contributed by atoms with Crippen LogP contribution in [0.1, 0.15) is 12.5 Å². The van der Waals surface area contributed by atoms with Crippen LogP contribution in [0.4, 0.5) is 15.8 Å². The molecule has 2 aromatic rings. The number of benzene rings is 2. The molecule has 0 saturated carbocycles. The van der Waals surface area contributed by atoms with Crippen LogP contribution in [-0.2, 0) is 16.0 Å². The van der Waals surface area contributed by atoms with Gasteiger partial charge in [-0.15, -0.1) is 0 Å². The van der Waals surface area contributed by atoms with E-state index < -0.39 is 0 Å². The number of nitrogens with one attached hydrogen (secondary N) is 2. The van der Waals surface area contributed by atoms with E-state index in [4.69, 9.17) is 0 Å². The van der Waals surface area contributed by atoms with E-state index in [1.54, 1.807) is 36.4 Å². The van der Waals surface area contributed by atoms with Crippen molar-refractivity contribution in [3.63, 3.8) is 0 Å². The molecule has 0 unspecified atom stereocenters. The fourth-order valence-electron chi connectivity index (χ4n) is 1.87. The van der Waals surface area contributed by atoms with Gasteiger partial charge in [0, 0.05) is 18.3 Å². The van der Waals surface area contributed by atoms with Crippen molar-refractivity contribution in [2.75, 3.05) is 10.6 Å². The first-order chi connectivity index (χ1) is 10.0. The largest absolute Gasteiger partial charge is 0.326 e. The van der Waals surface area contributed by atoms with Crippen LogP contribution in [0.3, 0.4) is 0 Å². The lowest BCUT2D eigenvalue weighted by atomic mass is 10.1. The number of hydrogen-bond acceptors (Lipinski definition) is 2. The van der Waals surface area contributed by atoms with Crippen molar-refractivity contribution in [2.24, 2.45) is 0 Å². The summed E-state index contributed by atoms with van der Waals surface area (Å²) in [5.74, 6) is -0.714. The highest BCUT2D eigenvalue weighted by molar-refractivity contribution is 5.94. The molecule has 0 aliphatic heterocycles. The molecule has 0 bridgehead atoms. The third kappa shape index (κ3) is 4.72. The fourth-order valence-corrected chi connectivity index (χ4v) is 1.87. The number of carbonyl (C=O) groups excluding carboxylic acids is 2. The third-order valence-electron chi connectivity index (χ3n) is 2.74. The van der Waals surface area contributed by atoms with Crippen molar-refractivity contribution in [2.45, 2.75) is 13.3 Å². The van der Waals surface area contributed by atoms with Crippen molar-refractivity contribution >= 4 is 23.2 Å². The van der Waals surface area contributed by atoms with Crippen molar-refractivity contribution < 1.29 is 14.0 Å². The molecule has 0 aliphatic rings. The molecule has 0 fully saturated rings. The smallest absolute Gasteiger partial charge is 0.228 e. The molecule has 0 spiro atoms. The Labute approximate surface area is 122 Å². The van der Waals surface area contributed by atoms with Gasteiger partial charge in [0.25, 0.3) is 0 Å². The molecule has 5 heteroatoms. The van der Waals surface area contributed by atoms with Crippen molar-refractivity contribution in [1.82, 2.24) is 0 Å². The first kappa shape index (κ1) is 14.7. The lowest BCUT2D eigenvalue weighted by Gasteiger charge is -2.08. The summed E-state index contributed by atoms with van der Waals surface area (Å²) in [5.41, 5.74) is 1.93. The number of halogens is 1. The van der Waals surface area contributed by atoms with Gasteiger partial charge in [-0.05, 0) is 35.9 Å². The van der Waals surface area contributed by atoms with Crippen LogP contribution in [-0.4, -0.2) is 11.8 Å². The lowest BCUT2D eigenvalue weighted by molar-refractivity contribution is -0.115. The Morgan fingerprint density at radius 2 is 1.62 bits per heavy atom. The molecule has 0 aromatic heterocycles. The van der Waals surface area contributed by atoms with E-state index >= 15 is 0 Å². The summed E-state index contributed by atoms with van der Waals surface area (Å²) in [6, 6.07) is 12.7. The minimum absolute atomic E-state index is 0.157. The molecule has 2 amide bonds. The second-order valence-corrected chi connectivity index (χ2v) is 4.61. The van der Waals surface area contributed by atoms with Crippen molar-refractivity contribution in [3.05, 3.63) is 59.9 Å². The molecule has 4 nitrogen and oxygen atoms in total. The molecule has 0 heterocycles. The summed E-state index contributed by atoms with van der Waals surface area (Å²) in [4.78, 5) is 22.9. The Balaban J connectivity index is 1.99. The summed E-state index contributed by atoms with van der Waals surface area (Å²) in [6.45, 7) is 1.42. The van der Waals surface area contributed by atoms with Crippen LogP contribution in [0.5, 0.6) is 0 Å². The van der Waals surface area contributed by atoms with Crippen LogP contribution in [0, 0.1) is 5.82 Å². The van der Waals surface area contributed by atoms with Crippen LogP contribution < -0.4 is 10.6 Å². The molecule has 0 saturated heterocycles. The molecule has 21 heavy (non-hydrogen) atoms. The van der Waals surface area contributed by atoms with Crippen LogP contribution >= 0.6 is 0 Å². The van der Waals surface area contributed by atoms with Gasteiger partial charge in [0.2, 0.25) is 11.8 Å². The molecule has 2 rings (SSSR count). The topological polar surface area (TPSA) is 58.2 Å². The Kier molecular flexibility index (Phi) is 4.66. The van der Waals surface area contributed by atoms with Gasteiger partial charge in [-0.25, -0.2) is 4.39 Å². The molecule has 2 aromatic carbocycles. The number of amides is 2. The normalized spacial score (nSPS) is 10.0. The minimum atomic E-state index is -0.331. The average Bonchev–Trinajstić information content (AvgIpc) is 2.41. The molecule has 0 atom stereocenters. The second-order valence-electron chi connectivity index (χ2n) is 4.61. The van der Waals surface area contributed by atoms with Crippen LogP contribution in [0.15, 0.2) is 48.5 Å². The number of carbonyl (C=O) groups is 2. The van der Waals surface area contributed by atoms with Gasteiger partial charge in [-0.3, -0.25) is 9.59 Å². The lowest BCUT2D eigenvalue weighted by Crippen LogP contribution is -2.14. The highest BCUT2D eigenvalue weighted by Crippen LogP contribution is 2.15. The highest BCUT2D eigenvalue weighted by Gasteiger charge is 2.05. The molecular formula is C16H15FN2O2. The predicted octanol–water partition coefficient (Wildman–Crippen LogP) is 2.97. The summed E-state index contributed by atoms with van der Waals surface area (Å²) in [6.07, 6.45) is 0.157. The molecule has 2 N–H and O–H groups in total. The van der Waals surface area contributed by atoms with E-state index in [0.717, 1.165) is 5.56 Å². The van der Waals surface area contributed by atoms with E-state index in [-0.39, 0.29) is 24.1 Å². The number of rotatable bonds is 4. The first-order valence-electron chi connectivity index (χ1n) is 6.45. The Morgan fingerprint density at radius 1 is 1.00 bits per heavy atom. The summed E-state index contributed by atoms with van der Waals surface area (Å²) < 4.78 is 12.8. The second kappa shape index (κ2) is 6.65. The quantitative estimate of drug-likeness (QED) is 0.907. The van der Waals surface area contributed by atoms with E-state index in [2.05, 4.69) is 10.6 Å². The SMILES string of the molecule is CC(=O)Nc1cccc(NC(=O)Cc2ccc(F)cc2)c1. The van der Waals surface area contributed by atoms with Gasteiger partial charge in [0.15, 0.2) is 0 Å². The Morgan fingerprint density at radius 3 is 2.24 bits per heavy atom. The molecule has 108 valence electrons. The van der Waals surface area contributed by atoms with Gasteiger partial charge in [-0.2, -0.15) is 0 Å². The summed E-state index contributed by atoms with van der Waals surface area (Å²) in [5, 5.41) is 5.38. The van der Waals surface area contributed by atoms with Gasteiger partial charge in [-0.1, -0.05) is 18.2 Å². The zero-order valence-electron chi connectivity index (χ0n) is 11.5. The maximum atomic E-state index is 12.8. The van der Waals surface area contributed by atoms with E-state index in [1.165, 1.54) is 19.1 Å². The standard InChI is InChI=1S/C16H15FN2O2/c1-11(20)18-14-3-2-4-15(10-14)19-16(21)9-12-5-7-13(17)8-6-12/h2-8,10H,9H2,1H3,(H,18,20)(H,19,21). The zero-order chi connectivity index (χ0) is 15.2. The van der Waals surface area contributed by atoms with E-state index in [9.17, 15) is 14.0 Å². The Bertz CT molecular complexity index is 654. The monoisotopic (exact) mass is 286 g/mol. The number of anilines is 2. The summed E-state index contributed by atoms with van der Waals surface area (Å²) >= 11 is 0. The van der Waals surface area contributed by atoms with E-state index in [1.807, 2.05) is 0 Å². The highest BCUT2D eigenvalue weighted by atomic mass is 19.1. The van der Waals surface area contributed by atoms with Crippen molar-refractivity contribution in [1.29, 1.82) is 0 Å². The zero-order valence-corrected chi connectivity index (χ0v) is 11.5. The minimum Gasteiger partial charge on any atom is -0.326 e. The van der Waals surface area contributed by atoms with Gasteiger partial charge in [0.05, 0.1) is 6.42 Å². The first-order valence-corrected chi connectivity index (χ1v) is 6.45. The average molecular weight is 286 g/mol. The molecular weight excluding hydrogens is 271 g/mol. The third-order valence-corrected chi connectivity index (χ3v) is 2.74. The van der Waals surface area contributed by atoms with Gasteiger partial charge < -0.3 is 10.6 Å². The number of hydrogen-bond donors (Lipinski definition) is 2. The fraction of sp³-hybridized carbons (Fsp3) is 0.125. The van der Waals surface area contributed by atoms with Crippen molar-refractivity contribution in [3.8, 4) is 0 Å². The van der Waals surface area contributed by atoms with E-state index in [0.29, 0.717) is 11.4 Å². The van der Waals surface area contributed by atoms with Crippen LogP contribution in [0.2, 0.25) is 0 Å². The maximum absolute atomic E-state index is 12.8. The Hall–Kier alpha value is -2.69. The predicted molar refractivity (Wildman–Crippen MR) is 79.5 cm³/mol. The van der Waals surface area contributed by atoms with Gasteiger partial charge >= 0.3 is 0 Å². The van der Waals surface area contributed by atoms with Gasteiger partial charge in [0.1, 0.15) is 5.82 Å². The van der Waals surface area contributed by atoms with Crippen LogP contribution in [0.25, 0.3) is 0 Å². The molecule has 0 radical (unpaired) electrons. The molecule has 0 aliphatic carbocycles.